The van der Waals surface area contributed by atoms with Crippen LogP contribution in [-0.4, -0.2) is 47.4 Å². The molecule has 0 fully saturated rings. The summed E-state index contributed by atoms with van der Waals surface area (Å²) in [6, 6.07) is 5.19. The first-order chi connectivity index (χ1) is 15.2. The fraction of sp³-hybridized carbons (Fsp3) is 0.364. The summed E-state index contributed by atoms with van der Waals surface area (Å²) in [5, 5.41) is 3.91. The normalized spacial score (nSPS) is 10.8. The minimum absolute atomic E-state index is 0.114. The van der Waals surface area contributed by atoms with Crippen LogP contribution in [0.3, 0.4) is 0 Å². The van der Waals surface area contributed by atoms with Gasteiger partial charge in [0.2, 0.25) is 5.82 Å². The van der Waals surface area contributed by atoms with Gasteiger partial charge in [0.25, 0.3) is 5.89 Å². The van der Waals surface area contributed by atoms with Crippen molar-refractivity contribution >= 4 is 11.9 Å². The molecule has 0 spiro atoms. The van der Waals surface area contributed by atoms with E-state index in [4.69, 9.17) is 23.5 Å². The van der Waals surface area contributed by atoms with Crippen LogP contribution in [-0.2, 0) is 16.1 Å². The number of methoxy groups -OCH3 is 2. The molecule has 1 aromatic carbocycles. The lowest BCUT2D eigenvalue weighted by Gasteiger charge is -2.08. The van der Waals surface area contributed by atoms with Gasteiger partial charge in [-0.2, -0.15) is 4.98 Å². The van der Waals surface area contributed by atoms with Crippen LogP contribution in [0.15, 0.2) is 22.7 Å². The zero-order valence-corrected chi connectivity index (χ0v) is 18.8. The van der Waals surface area contributed by atoms with Crippen LogP contribution in [0.5, 0.6) is 11.5 Å². The van der Waals surface area contributed by atoms with Gasteiger partial charge < -0.3 is 28.5 Å². The van der Waals surface area contributed by atoms with Crippen molar-refractivity contribution in [2.24, 2.45) is 0 Å². The average molecular weight is 443 g/mol. The zero-order valence-electron chi connectivity index (χ0n) is 18.8. The summed E-state index contributed by atoms with van der Waals surface area (Å²) in [5.74, 6) is 0.363. The molecule has 10 heteroatoms. The van der Waals surface area contributed by atoms with Crippen molar-refractivity contribution in [1.82, 2.24) is 15.1 Å². The van der Waals surface area contributed by atoms with E-state index in [9.17, 15) is 9.59 Å². The summed E-state index contributed by atoms with van der Waals surface area (Å²) in [4.78, 5) is 32.0. The fourth-order valence-electron chi connectivity index (χ4n) is 3.14. The number of nitrogens with zero attached hydrogens (tertiary/aromatic N) is 2. The van der Waals surface area contributed by atoms with Crippen molar-refractivity contribution in [3.8, 4) is 22.9 Å². The largest absolute Gasteiger partial charge is 0.493 e. The third kappa shape index (κ3) is 4.74. The Hall–Kier alpha value is -3.82. The van der Waals surface area contributed by atoms with Gasteiger partial charge in [0.15, 0.2) is 18.1 Å². The number of rotatable bonds is 8. The maximum Gasteiger partial charge on any atom is 0.355 e. The van der Waals surface area contributed by atoms with Gasteiger partial charge in [-0.15, -0.1) is 0 Å². The highest BCUT2D eigenvalue weighted by Gasteiger charge is 2.25. The molecule has 0 aliphatic heterocycles. The van der Waals surface area contributed by atoms with Gasteiger partial charge in [-0.1, -0.05) is 5.16 Å². The molecule has 170 valence electrons. The molecule has 3 aromatic rings. The number of aryl methyl sites for hydroxylation is 1. The van der Waals surface area contributed by atoms with E-state index < -0.39 is 11.9 Å². The van der Waals surface area contributed by atoms with Gasteiger partial charge in [-0.25, -0.2) is 9.59 Å². The van der Waals surface area contributed by atoms with Crippen LogP contribution >= 0.6 is 0 Å². The first-order valence-corrected chi connectivity index (χ1v) is 9.87. The first kappa shape index (κ1) is 22.9. The molecule has 0 amide bonds. The lowest BCUT2D eigenvalue weighted by molar-refractivity contribution is 0.0376. The molecule has 0 bridgehead atoms. The third-order valence-electron chi connectivity index (χ3n) is 4.63. The van der Waals surface area contributed by atoms with Crippen LogP contribution in [0.25, 0.3) is 11.4 Å². The van der Waals surface area contributed by atoms with Crippen molar-refractivity contribution in [1.29, 1.82) is 0 Å². The number of aromatic nitrogens is 3. The lowest BCUT2D eigenvalue weighted by atomic mass is 10.1. The molecule has 3 rings (SSSR count). The molecule has 0 radical (unpaired) electrons. The summed E-state index contributed by atoms with van der Waals surface area (Å²) >= 11 is 0. The van der Waals surface area contributed by atoms with E-state index in [-0.39, 0.29) is 24.3 Å². The summed E-state index contributed by atoms with van der Waals surface area (Å²) in [7, 11) is 3.07. The topological polar surface area (TPSA) is 126 Å². The summed E-state index contributed by atoms with van der Waals surface area (Å²) in [6.45, 7) is 6.62. The molecule has 0 aliphatic rings. The van der Waals surface area contributed by atoms with Crippen molar-refractivity contribution in [2.45, 2.75) is 40.4 Å². The number of H-pyrrole nitrogens is 1. The molecule has 0 saturated heterocycles. The maximum absolute atomic E-state index is 12.6. The van der Waals surface area contributed by atoms with E-state index in [2.05, 4.69) is 15.1 Å². The fourth-order valence-corrected chi connectivity index (χ4v) is 3.14. The van der Waals surface area contributed by atoms with E-state index in [1.807, 2.05) is 0 Å². The van der Waals surface area contributed by atoms with E-state index in [0.717, 1.165) is 0 Å². The SMILES string of the molecule is COc1ccc(-c2noc(COC(=O)c3[nH]c(C)c(C(=O)OC(C)C)c3C)n2)cc1OC. The van der Waals surface area contributed by atoms with E-state index in [0.29, 0.717) is 39.7 Å². The van der Waals surface area contributed by atoms with E-state index in [1.54, 1.807) is 53.0 Å². The van der Waals surface area contributed by atoms with Crippen LogP contribution in [0, 0.1) is 13.8 Å². The second-order valence-corrected chi connectivity index (χ2v) is 7.24. The number of hydrogen-bond acceptors (Lipinski definition) is 9. The number of ether oxygens (including phenoxy) is 4. The highest BCUT2D eigenvalue weighted by Crippen LogP contribution is 2.31. The van der Waals surface area contributed by atoms with Gasteiger partial charge in [-0.05, 0) is 51.5 Å². The number of carbonyl (C=O) groups is 2. The molecule has 0 unspecified atom stereocenters. The third-order valence-corrected chi connectivity index (χ3v) is 4.63. The van der Waals surface area contributed by atoms with Crippen molar-refractivity contribution in [3.63, 3.8) is 0 Å². The Morgan fingerprint density at radius 2 is 1.81 bits per heavy atom. The zero-order chi connectivity index (χ0) is 23.4. The number of hydrogen-bond donors (Lipinski definition) is 1. The summed E-state index contributed by atoms with van der Waals surface area (Å²) < 4.78 is 26.2. The van der Waals surface area contributed by atoms with Crippen LogP contribution in [0.4, 0.5) is 0 Å². The Balaban J connectivity index is 1.70. The lowest BCUT2D eigenvalue weighted by Crippen LogP contribution is -2.13. The molecule has 2 aromatic heterocycles. The Kier molecular flexibility index (Phi) is 6.82. The van der Waals surface area contributed by atoms with Crippen molar-refractivity contribution in [2.75, 3.05) is 14.2 Å². The predicted octanol–water partition coefficient (Wildman–Crippen LogP) is 3.62. The molecule has 32 heavy (non-hydrogen) atoms. The number of carbonyl (C=O) groups excluding carboxylic acids is 2. The standard InChI is InChI=1S/C22H25N3O7/c1-11(2)31-21(26)18-12(3)19(23-13(18)4)22(27)30-10-17-24-20(25-32-17)14-7-8-15(28-5)16(9-14)29-6/h7-9,11,23H,10H2,1-6H3. The van der Waals surface area contributed by atoms with Gasteiger partial charge in [0.1, 0.15) is 5.69 Å². The van der Waals surface area contributed by atoms with Gasteiger partial charge in [-0.3, -0.25) is 0 Å². The Labute approximate surface area is 184 Å². The van der Waals surface area contributed by atoms with Gasteiger partial charge >= 0.3 is 11.9 Å². The molecular formula is C22H25N3O7. The Bertz CT molecular complexity index is 1130. The minimum atomic E-state index is -0.653. The molecule has 0 aliphatic carbocycles. The first-order valence-electron chi connectivity index (χ1n) is 9.87. The maximum atomic E-state index is 12.6. The van der Waals surface area contributed by atoms with Crippen molar-refractivity contribution < 1.29 is 33.1 Å². The van der Waals surface area contributed by atoms with Crippen LogP contribution in [0.1, 0.15) is 51.8 Å². The summed E-state index contributed by atoms with van der Waals surface area (Å²) in [6.07, 6.45) is -0.274. The molecule has 1 N–H and O–H groups in total. The quantitative estimate of drug-likeness (QED) is 0.519. The monoisotopic (exact) mass is 443 g/mol. The smallest absolute Gasteiger partial charge is 0.355 e. The minimum Gasteiger partial charge on any atom is -0.493 e. The second-order valence-electron chi connectivity index (χ2n) is 7.24. The molecule has 0 atom stereocenters. The number of aromatic amines is 1. The van der Waals surface area contributed by atoms with Crippen LogP contribution in [0.2, 0.25) is 0 Å². The van der Waals surface area contributed by atoms with E-state index >= 15 is 0 Å². The molecule has 10 nitrogen and oxygen atoms in total. The second kappa shape index (κ2) is 9.54. The average Bonchev–Trinajstić information content (AvgIpc) is 3.35. The van der Waals surface area contributed by atoms with Crippen molar-refractivity contribution in [3.05, 3.63) is 46.6 Å². The predicted molar refractivity (Wildman–Crippen MR) is 113 cm³/mol. The molecular weight excluding hydrogens is 418 g/mol. The van der Waals surface area contributed by atoms with Crippen LogP contribution < -0.4 is 9.47 Å². The highest BCUT2D eigenvalue weighted by molar-refractivity contribution is 5.98. The number of nitrogens with one attached hydrogen (secondary N) is 1. The highest BCUT2D eigenvalue weighted by atomic mass is 16.6. The summed E-state index contributed by atoms with van der Waals surface area (Å²) in [5.41, 5.74) is 2.11. The Morgan fingerprint density at radius 3 is 2.47 bits per heavy atom. The van der Waals surface area contributed by atoms with Gasteiger partial charge in [0.05, 0.1) is 25.9 Å². The van der Waals surface area contributed by atoms with E-state index in [1.165, 1.54) is 7.11 Å². The Morgan fingerprint density at radius 1 is 1.09 bits per heavy atom. The number of esters is 2. The molecule has 2 heterocycles. The molecule has 0 saturated carbocycles. The number of benzene rings is 1. The van der Waals surface area contributed by atoms with Gasteiger partial charge in [0, 0.05) is 11.3 Å².